The molecule has 1 aliphatic heterocycles. The van der Waals surface area contributed by atoms with Crippen LogP contribution in [0.4, 0.5) is 4.39 Å². The average molecular weight is 274 g/mol. The molecule has 0 radical (unpaired) electrons. The highest BCUT2D eigenvalue weighted by atomic mass is 19.1. The van der Waals surface area contributed by atoms with Crippen LogP contribution in [0.15, 0.2) is 41.5 Å². The summed E-state index contributed by atoms with van der Waals surface area (Å²) in [4.78, 5) is 16.2. The van der Waals surface area contributed by atoms with E-state index in [9.17, 15) is 9.18 Å². The second-order valence-electron chi connectivity index (χ2n) is 4.19. The van der Waals surface area contributed by atoms with Crippen molar-refractivity contribution in [1.82, 2.24) is 10.3 Å². The maximum atomic E-state index is 13.2. The third kappa shape index (κ3) is 1.99. The van der Waals surface area contributed by atoms with Crippen LogP contribution in [-0.4, -0.2) is 36.6 Å². The van der Waals surface area contributed by atoms with E-state index in [1.807, 2.05) is 0 Å². The van der Waals surface area contributed by atoms with E-state index < -0.39 is 5.82 Å². The Bertz CT molecular complexity index is 624. The molecule has 3 rings (SSSR count). The van der Waals surface area contributed by atoms with Gasteiger partial charge in [-0.2, -0.15) is 5.10 Å². The molecule has 1 unspecified atom stereocenters. The molecule has 5 nitrogen and oxygen atoms in total. The molecule has 1 heterocycles. The molecule has 104 valence electrons. The summed E-state index contributed by atoms with van der Waals surface area (Å²) in [7, 11) is 3.34. The molecular weight excluding hydrogens is 259 g/mol. The number of nitrogens with zero attached hydrogens (tertiary/aromatic N) is 3. The quantitative estimate of drug-likeness (QED) is 0.733. The molecule has 1 aromatic carbocycles. The van der Waals surface area contributed by atoms with Gasteiger partial charge >= 0.3 is 0 Å². The number of aliphatic imine (C=N–C) groups is 1. The van der Waals surface area contributed by atoms with E-state index in [2.05, 4.69) is 28.6 Å². The van der Waals surface area contributed by atoms with Crippen LogP contribution in [0.3, 0.4) is 0 Å². The van der Waals surface area contributed by atoms with E-state index in [1.165, 1.54) is 17.1 Å². The highest BCUT2D eigenvalue weighted by Crippen LogP contribution is 2.31. The first-order chi connectivity index (χ1) is 9.61. The zero-order valence-corrected chi connectivity index (χ0v) is 11.4. The van der Waals surface area contributed by atoms with Crippen molar-refractivity contribution in [3.05, 3.63) is 48.3 Å². The zero-order chi connectivity index (χ0) is 14.9. The van der Waals surface area contributed by atoms with E-state index in [4.69, 9.17) is 0 Å². The zero-order valence-electron chi connectivity index (χ0n) is 11.4. The number of carbonyl (C=O) groups is 1. The molecule has 20 heavy (non-hydrogen) atoms. The van der Waals surface area contributed by atoms with Crippen molar-refractivity contribution in [2.75, 3.05) is 14.1 Å². The predicted octanol–water partition coefficient (Wildman–Crippen LogP) is 1.74. The Morgan fingerprint density at radius 1 is 1.45 bits per heavy atom. The summed E-state index contributed by atoms with van der Waals surface area (Å²) >= 11 is 0. The van der Waals surface area contributed by atoms with Gasteiger partial charge in [-0.15, -0.1) is 13.2 Å². The summed E-state index contributed by atoms with van der Waals surface area (Å²) in [5.74, 6) is -0.0724. The minimum Gasteiger partial charge on any atom is -0.342 e. The number of nitrogens with one attached hydrogen (secondary N) is 1. The van der Waals surface area contributed by atoms with E-state index in [0.29, 0.717) is 17.2 Å². The van der Waals surface area contributed by atoms with Gasteiger partial charge in [0.05, 0.1) is 0 Å². The summed E-state index contributed by atoms with van der Waals surface area (Å²) < 4.78 is 13.2. The number of benzene rings is 1. The normalized spacial score (nSPS) is 21.4. The van der Waals surface area contributed by atoms with Gasteiger partial charge in [0, 0.05) is 19.7 Å². The van der Waals surface area contributed by atoms with Crippen LogP contribution in [0.5, 0.6) is 0 Å². The van der Waals surface area contributed by atoms with Crippen LogP contribution in [0.1, 0.15) is 22.0 Å². The molecule has 2 aliphatic rings. The van der Waals surface area contributed by atoms with Crippen LogP contribution in [-0.2, 0) is 0 Å². The maximum absolute atomic E-state index is 13.2. The van der Waals surface area contributed by atoms with E-state index >= 15 is 0 Å². The van der Waals surface area contributed by atoms with E-state index in [-0.39, 0.29) is 11.8 Å². The first kappa shape index (κ1) is 13.9. The summed E-state index contributed by atoms with van der Waals surface area (Å²) in [6, 6.07) is 3.88. The fraction of sp³-hybridized carbons (Fsp3) is 0.214. The van der Waals surface area contributed by atoms with Gasteiger partial charge in [-0.1, -0.05) is 6.07 Å². The third-order valence-corrected chi connectivity index (χ3v) is 3.13. The molecule has 1 atom stereocenters. The number of guanidine groups is 1. The van der Waals surface area contributed by atoms with Gasteiger partial charge in [0.1, 0.15) is 17.6 Å². The number of hydrogen-bond donors (Lipinski definition) is 1. The van der Waals surface area contributed by atoms with Crippen LogP contribution in [0, 0.1) is 5.82 Å². The Kier molecular flexibility index (Phi) is 3.65. The van der Waals surface area contributed by atoms with Gasteiger partial charge < -0.3 is 5.32 Å². The number of Topliss-reactive ketones (excluding diaryl/α,β-unsaturated/α-hetero) is 1. The molecule has 0 saturated heterocycles. The smallest absolute Gasteiger partial charge is 0.215 e. The molecule has 1 aromatic rings. The number of rotatable bonds is 0. The SMILES string of the molecule is C=C.CN=C1NC2C(=NN1C)C(=O)c1cc(F)ccc12. The molecule has 0 saturated carbocycles. The highest BCUT2D eigenvalue weighted by molar-refractivity contribution is 6.51. The first-order valence-electron chi connectivity index (χ1n) is 6.01. The summed E-state index contributed by atoms with van der Waals surface area (Å²) in [5, 5.41) is 8.84. The van der Waals surface area contributed by atoms with E-state index in [0.717, 1.165) is 5.56 Å². The topological polar surface area (TPSA) is 57.1 Å². The molecule has 1 N–H and O–H groups in total. The summed E-state index contributed by atoms with van der Waals surface area (Å²) in [5.41, 5.74) is 1.50. The lowest BCUT2D eigenvalue weighted by molar-refractivity contribution is 0.106. The second-order valence-corrected chi connectivity index (χ2v) is 4.19. The molecule has 6 heteroatoms. The van der Waals surface area contributed by atoms with Gasteiger partial charge in [0.2, 0.25) is 11.7 Å². The van der Waals surface area contributed by atoms with Crippen LogP contribution in [0.25, 0.3) is 0 Å². The van der Waals surface area contributed by atoms with Crippen molar-refractivity contribution in [2.45, 2.75) is 6.04 Å². The van der Waals surface area contributed by atoms with Gasteiger partial charge in [-0.05, 0) is 17.7 Å². The third-order valence-electron chi connectivity index (χ3n) is 3.13. The fourth-order valence-electron chi connectivity index (χ4n) is 2.28. The Hall–Kier alpha value is -2.50. The van der Waals surface area contributed by atoms with Gasteiger partial charge in [-0.25, -0.2) is 9.40 Å². The average Bonchev–Trinajstić information content (AvgIpc) is 2.73. The lowest BCUT2D eigenvalue weighted by Crippen LogP contribution is -2.46. The predicted molar refractivity (Wildman–Crippen MR) is 76.4 cm³/mol. The largest absolute Gasteiger partial charge is 0.342 e. The second kappa shape index (κ2) is 5.24. The molecule has 0 aromatic heterocycles. The Morgan fingerprint density at radius 2 is 2.15 bits per heavy atom. The standard InChI is InChI=1S/C12H11FN4O.C2H4/c1-14-12-15-9-7-4-3-6(13)5-8(7)11(18)10(9)16-17(12)2;1-2/h3-5,9H,1-2H3,(H,14,15);1-2H2. The van der Waals surface area contributed by atoms with Gasteiger partial charge in [0.15, 0.2) is 0 Å². The minimum absolute atomic E-state index is 0.232. The van der Waals surface area contributed by atoms with Crippen LogP contribution < -0.4 is 5.32 Å². The van der Waals surface area contributed by atoms with Gasteiger partial charge in [0.25, 0.3) is 0 Å². The van der Waals surface area contributed by atoms with E-state index in [1.54, 1.807) is 20.2 Å². The number of hydrogen-bond acceptors (Lipinski definition) is 3. The Labute approximate surface area is 116 Å². The molecule has 0 bridgehead atoms. The van der Waals surface area contributed by atoms with Crippen LogP contribution in [0.2, 0.25) is 0 Å². The molecule has 0 spiro atoms. The number of fused-ring (bicyclic) bond motifs is 3. The highest BCUT2D eigenvalue weighted by Gasteiger charge is 2.40. The van der Waals surface area contributed by atoms with Crippen molar-refractivity contribution >= 4 is 17.5 Å². The number of halogens is 1. The minimum atomic E-state index is -0.418. The first-order valence-corrected chi connectivity index (χ1v) is 6.01. The lowest BCUT2D eigenvalue weighted by Gasteiger charge is -2.27. The Morgan fingerprint density at radius 3 is 2.80 bits per heavy atom. The number of hydrazone groups is 1. The van der Waals surface area contributed by atoms with Crippen LogP contribution >= 0.6 is 0 Å². The summed E-state index contributed by atoms with van der Waals surface area (Å²) in [6.07, 6.45) is 0. The van der Waals surface area contributed by atoms with Crippen molar-refractivity contribution in [3.8, 4) is 0 Å². The molecule has 0 fully saturated rings. The fourth-order valence-corrected chi connectivity index (χ4v) is 2.28. The number of carbonyl (C=O) groups excluding carboxylic acids is 1. The molecule has 0 amide bonds. The molecular formula is C14H15FN4O. The lowest BCUT2D eigenvalue weighted by atomic mass is 10.1. The molecule has 1 aliphatic carbocycles. The van der Waals surface area contributed by atoms with Gasteiger partial charge in [-0.3, -0.25) is 9.79 Å². The van der Waals surface area contributed by atoms with Crippen molar-refractivity contribution in [3.63, 3.8) is 0 Å². The van der Waals surface area contributed by atoms with Crippen molar-refractivity contribution in [1.29, 1.82) is 0 Å². The number of ketones is 1. The van der Waals surface area contributed by atoms with Crippen molar-refractivity contribution in [2.24, 2.45) is 10.1 Å². The summed E-state index contributed by atoms with van der Waals surface area (Å²) in [6.45, 7) is 6.00. The maximum Gasteiger partial charge on any atom is 0.215 e. The van der Waals surface area contributed by atoms with Crippen molar-refractivity contribution < 1.29 is 9.18 Å². The Balaban J connectivity index is 0.000000704. The monoisotopic (exact) mass is 274 g/mol.